The molecule has 0 saturated carbocycles. The first-order valence-electron chi connectivity index (χ1n) is 7.64. The Hall–Kier alpha value is -1.38. The molecule has 2 heteroatoms. The van der Waals surface area contributed by atoms with E-state index in [1.165, 1.54) is 16.3 Å². The number of fused-ring (bicyclic) bond motifs is 1. The van der Waals surface area contributed by atoms with Crippen LogP contribution in [0.25, 0.3) is 10.8 Å². The van der Waals surface area contributed by atoms with Crippen molar-refractivity contribution in [3.63, 3.8) is 0 Å². The number of benzene rings is 2. The van der Waals surface area contributed by atoms with Gasteiger partial charge < -0.3 is 5.73 Å². The van der Waals surface area contributed by atoms with Crippen molar-refractivity contribution in [2.45, 2.75) is 32.4 Å². The Balaban J connectivity index is 2.04. The minimum atomic E-state index is 0.250. The second-order valence-electron chi connectivity index (χ2n) is 6.35. The Labute approximate surface area is 121 Å². The average molecular weight is 268 g/mol. The first-order chi connectivity index (χ1) is 9.66. The van der Waals surface area contributed by atoms with Gasteiger partial charge in [-0.3, -0.25) is 4.90 Å². The minimum Gasteiger partial charge on any atom is -0.326 e. The average Bonchev–Trinajstić information content (AvgIpc) is 2.78. The highest BCUT2D eigenvalue weighted by atomic mass is 15.2. The van der Waals surface area contributed by atoms with Crippen molar-refractivity contribution in [2.75, 3.05) is 13.1 Å². The molecular weight excluding hydrogens is 244 g/mol. The van der Waals surface area contributed by atoms with Gasteiger partial charge in [-0.05, 0) is 28.7 Å². The van der Waals surface area contributed by atoms with Gasteiger partial charge in [0, 0.05) is 19.1 Å². The van der Waals surface area contributed by atoms with Crippen LogP contribution < -0.4 is 5.73 Å². The quantitative estimate of drug-likeness (QED) is 0.922. The molecule has 2 aromatic rings. The molecule has 2 nitrogen and oxygen atoms in total. The molecule has 2 unspecified atom stereocenters. The molecule has 20 heavy (non-hydrogen) atoms. The van der Waals surface area contributed by atoms with Crippen molar-refractivity contribution in [2.24, 2.45) is 11.7 Å². The van der Waals surface area contributed by atoms with E-state index in [0.29, 0.717) is 12.0 Å². The molecule has 1 aliphatic rings. The third-order valence-electron chi connectivity index (χ3n) is 4.29. The second kappa shape index (κ2) is 5.55. The molecule has 1 heterocycles. The van der Waals surface area contributed by atoms with E-state index in [1.54, 1.807) is 0 Å². The van der Waals surface area contributed by atoms with Crippen LogP contribution >= 0.6 is 0 Å². The van der Waals surface area contributed by atoms with Crippen molar-refractivity contribution < 1.29 is 0 Å². The summed E-state index contributed by atoms with van der Waals surface area (Å²) in [7, 11) is 0. The van der Waals surface area contributed by atoms with E-state index in [2.05, 4.69) is 61.2 Å². The Kier molecular flexibility index (Phi) is 3.77. The topological polar surface area (TPSA) is 29.3 Å². The van der Waals surface area contributed by atoms with Crippen LogP contribution in [0.3, 0.4) is 0 Å². The van der Waals surface area contributed by atoms with Gasteiger partial charge in [-0.15, -0.1) is 0 Å². The van der Waals surface area contributed by atoms with Gasteiger partial charge in [0.25, 0.3) is 0 Å². The zero-order valence-corrected chi connectivity index (χ0v) is 12.4. The molecular formula is C18H24N2. The number of likely N-dealkylation sites (tertiary alicyclic amines) is 1. The largest absolute Gasteiger partial charge is 0.326 e. The zero-order valence-electron chi connectivity index (χ0n) is 12.4. The van der Waals surface area contributed by atoms with Gasteiger partial charge in [-0.2, -0.15) is 0 Å². The molecule has 1 fully saturated rings. The molecule has 2 aromatic carbocycles. The lowest BCUT2D eigenvalue weighted by Crippen LogP contribution is -2.34. The molecule has 3 rings (SSSR count). The van der Waals surface area contributed by atoms with E-state index >= 15 is 0 Å². The molecule has 0 radical (unpaired) electrons. The zero-order chi connectivity index (χ0) is 14.1. The Morgan fingerprint density at radius 2 is 1.90 bits per heavy atom. The number of hydrogen-bond donors (Lipinski definition) is 1. The molecule has 2 N–H and O–H groups in total. The lowest BCUT2D eigenvalue weighted by molar-refractivity contribution is 0.222. The van der Waals surface area contributed by atoms with E-state index in [4.69, 9.17) is 5.73 Å². The minimum absolute atomic E-state index is 0.250. The van der Waals surface area contributed by atoms with Gasteiger partial charge in [-0.25, -0.2) is 0 Å². The maximum absolute atomic E-state index is 6.43. The summed E-state index contributed by atoms with van der Waals surface area (Å²) in [5.74, 6) is 0.678. The molecule has 1 aliphatic heterocycles. The number of hydrogen-bond acceptors (Lipinski definition) is 2. The standard InChI is InChI=1S/C18H24N2/c1-13(2)12-20-11-10-17(19)18(20)16-9-5-7-14-6-3-4-8-15(14)16/h3-9,13,17-18H,10-12,19H2,1-2H3. The Bertz CT molecular complexity index is 585. The summed E-state index contributed by atoms with van der Waals surface area (Å²) in [5, 5.41) is 2.67. The summed E-state index contributed by atoms with van der Waals surface area (Å²) in [6.45, 7) is 6.81. The lowest BCUT2D eigenvalue weighted by Gasteiger charge is -2.29. The van der Waals surface area contributed by atoms with Gasteiger partial charge in [-0.1, -0.05) is 56.3 Å². The fourth-order valence-corrected chi connectivity index (χ4v) is 3.49. The maximum Gasteiger partial charge on any atom is 0.0505 e. The van der Waals surface area contributed by atoms with Crippen LogP contribution in [0.5, 0.6) is 0 Å². The van der Waals surface area contributed by atoms with Crippen LogP contribution in [-0.4, -0.2) is 24.0 Å². The third-order valence-corrected chi connectivity index (χ3v) is 4.29. The molecule has 1 saturated heterocycles. The van der Waals surface area contributed by atoms with Crippen LogP contribution in [-0.2, 0) is 0 Å². The van der Waals surface area contributed by atoms with Gasteiger partial charge in [0.1, 0.15) is 0 Å². The smallest absolute Gasteiger partial charge is 0.0505 e. The van der Waals surface area contributed by atoms with Gasteiger partial charge in [0.15, 0.2) is 0 Å². The van der Waals surface area contributed by atoms with Crippen LogP contribution in [0.1, 0.15) is 31.9 Å². The molecule has 0 amide bonds. The molecule has 0 bridgehead atoms. The Morgan fingerprint density at radius 3 is 2.70 bits per heavy atom. The third kappa shape index (κ3) is 2.46. The summed E-state index contributed by atoms with van der Waals surface area (Å²) >= 11 is 0. The molecule has 2 atom stereocenters. The van der Waals surface area contributed by atoms with E-state index < -0.39 is 0 Å². The summed E-state index contributed by atoms with van der Waals surface area (Å²) in [4.78, 5) is 2.57. The van der Waals surface area contributed by atoms with Crippen molar-refractivity contribution in [3.05, 3.63) is 48.0 Å². The van der Waals surface area contributed by atoms with Crippen LogP contribution in [0.15, 0.2) is 42.5 Å². The predicted octanol–water partition coefficient (Wildman–Crippen LogP) is 3.57. The SMILES string of the molecule is CC(C)CN1CCC(N)C1c1cccc2ccccc12. The summed E-state index contributed by atoms with van der Waals surface area (Å²) in [6.07, 6.45) is 1.10. The van der Waals surface area contributed by atoms with Crippen molar-refractivity contribution in [1.82, 2.24) is 4.90 Å². The van der Waals surface area contributed by atoms with Crippen LogP contribution in [0, 0.1) is 5.92 Å². The highest BCUT2D eigenvalue weighted by Crippen LogP contribution is 2.35. The lowest BCUT2D eigenvalue weighted by atomic mass is 9.94. The first kappa shape index (κ1) is 13.6. The Morgan fingerprint density at radius 1 is 1.15 bits per heavy atom. The highest BCUT2D eigenvalue weighted by Gasteiger charge is 2.33. The van der Waals surface area contributed by atoms with E-state index in [1.807, 2.05) is 0 Å². The number of nitrogens with zero attached hydrogens (tertiary/aromatic N) is 1. The predicted molar refractivity (Wildman–Crippen MR) is 85.7 cm³/mol. The fourth-order valence-electron chi connectivity index (χ4n) is 3.49. The van der Waals surface area contributed by atoms with Gasteiger partial charge in [0.05, 0.1) is 6.04 Å². The van der Waals surface area contributed by atoms with Crippen molar-refractivity contribution in [1.29, 1.82) is 0 Å². The molecule has 0 aromatic heterocycles. The number of rotatable bonds is 3. The summed E-state index contributed by atoms with van der Waals surface area (Å²) < 4.78 is 0. The van der Waals surface area contributed by atoms with Crippen LogP contribution in [0.4, 0.5) is 0 Å². The van der Waals surface area contributed by atoms with Crippen molar-refractivity contribution in [3.8, 4) is 0 Å². The molecule has 106 valence electrons. The van der Waals surface area contributed by atoms with E-state index in [9.17, 15) is 0 Å². The monoisotopic (exact) mass is 268 g/mol. The van der Waals surface area contributed by atoms with E-state index in [0.717, 1.165) is 19.5 Å². The fraction of sp³-hybridized carbons (Fsp3) is 0.444. The highest BCUT2D eigenvalue weighted by molar-refractivity contribution is 5.86. The molecule has 0 spiro atoms. The summed E-state index contributed by atoms with van der Waals surface area (Å²) in [6, 6.07) is 15.9. The second-order valence-corrected chi connectivity index (χ2v) is 6.35. The van der Waals surface area contributed by atoms with Crippen LogP contribution in [0.2, 0.25) is 0 Å². The normalized spacial score (nSPS) is 23.8. The van der Waals surface area contributed by atoms with Gasteiger partial charge in [0.2, 0.25) is 0 Å². The first-order valence-corrected chi connectivity index (χ1v) is 7.64. The molecule has 0 aliphatic carbocycles. The maximum atomic E-state index is 6.43. The van der Waals surface area contributed by atoms with E-state index in [-0.39, 0.29) is 6.04 Å². The number of nitrogens with two attached hydrogens (primary N) is 1. The summed E-state index contributed by atoms with van der Waals surface area (Å²) in [5.41, 5.74) is 7.82. The van der Waals surface area contributed by atoms with Crippen molar-refractivity contribution >= 4 is 10.8 Å². The van der Waals surface area contributed by atoms with Gasteiger partial charge >= 0.3 is 0 Å².